The molecule has 0 aliphatic carbocycles. The van der Waals surface area contributed by atoms with Gasteiger partial charge in [0.15, 0.2) is 0 Å². The van der Waals surface area contributed by atoms with Gasteiger partial charge in [-0.3, -0.25) is 0 Å². The van der Waals surface area contributed by atoms with Crippen molar-refractivity contribution in [2.24, 2.45) is 0 Å². The van der Waals surface area contributed by atoms with Gasteiger partial charge in [0, 0.05) is 18.3 Å². The number of halogens is 3. The minimum atomic E-state index is 0.209. The van der Waals surface area contributed by atoms with Crippen molar-refractivity contribution in [1.82, 2.24) is 5.32 Å². The van der Waals surface area contributed by atoms with Crippen molar-refractivity contribution in [1.29, 1.82) is 0 Å². The Morgan fingerprint density at radius 2 is 1.95 bits per heavy atom. The van der Waals surface area contributed by atoms with Crippen LogP contribution in [0.1, 0.15) is 29.8 Å². The topological polar surface area (TPSA) is 12.0 Å². The third kappa shape index (κ3) is 3.91. The van der Waals surface area contributed by atoms with E-state index in [2.05, 4.69) is 83.6 Å². The SMILES string of the molecule is CCCNC(c1cc(Br)ccc1Br)c1sccc1Br. The molecular formula is C14H14Br3NS. The van der Waals surface area contributed by atoms with Crippen LogP contribution in [0.15, 0.2) is 43.1 Å². The van der Waals surface area contributed by atoms with Crippen LogP contribution in [0.25, 0.3) is 0 Å². The predicted octanol–water partition coefficient (Wildman–Crippen LogP) is 6.12. The third-order valence-corrected chi connectivity index (χ3v) is 5.93. The summed E-state index contributed by atoms with van der Waals surface area (Å²) in [6.07, 6.45) is 1.12. The van der Waals surface area contributed by atoms with Crippen LogP contribution in [-0.2, 0) is 0 Å². The summed E-state index contributed by atoms with van der Waals surface area (Å²) in [7, 11) is 0. The van der Waals surface area contributed by atoms with E-state index in [-0.39, 0.29) is 6.04 Å². The molecule has 1 atom stereocenters. The van der Waals surface area contributed by atoms with Gasteiger partial charge < -0.3 is 5.32 Å². The monoisotopic (exact) mass is 465 g/mol. The Morgan fingerprint density at radius 1 is 1.16 bits per heavy atom. The van der Waals surface area contributed by atoms with Gasteiger partial charge in [-0.25, -0.2) is 0 Å². The molecule has 102 valence electrons. The third-order valence-electron chi connectivity index (χ3n) is 2.77. The Morgan fingerprint density at radius 3 is 2.58 bits per heavy atom. The van der Waals surface area contributed by atoms with Crippen molar-refractivity contribution in [2.45, 2.75) is 19.4 Å². The standard InChI is InChI=1S/C14H14Br3NS/c1-2-6-18-13(14-12(17)5-7-19-14)10-8-9(15)3-4-11(10)16/h3-5,7-8,13,18H,2,6H2,1H3. The maximum atomic E-state index is 3.66. The second kappa shape index (κ2) is 7.36. The van der Waals surface area contributed by atoms with Crippen molar-refractivity contribution in [3.63, 3.8) is 0 Å². The first-order valence-electron chi connectivity index (χ1n) is 6.04. The van der Waals surface area contributed by atoms with Crippen LogP contribution < -0.4 is 5.32 Å². The van der Waals surface area contributed by atoms with E-state index in [4.69, 9.17) is 0 Å². The van der Waals surface area contributed by atoms with Crippen molar-refractivity contribution in [3.05, 3.63) is 53.5 Å². The molecule has 1 aromatic carbocycles. The fraction of sp³-hybridized carbons (Fsp3) is 0.286. The number of hydrogen-bond acceptors (Lipinski definition) is 2. The largest absolute Gasteiger partial charge is 0.306 e. The van der Waals surface area contributed by atoms with Gasteiger partial charge in [-0.2, -0.15) is 0 Å². The summed E-state index contributed by atoms with van der Waals surface area (Å²) in [5.41, 5.74) is 1.26. The Bertz CT molecular complexity index is 553. The quantitative estimate of drug-likeness (QED) is 0.558. The molecule has 0 aliphatic heterocycles. The van der Waals surface area contributed by atoms with Gasteiger partial charge in [-0.15, -0.1) is 11.3 Å². The predicted molar refractivity (Wildman–Crippen MR) is 94.0 cm³/mol. The van der Waals surface area contributed by atoms with E-state index in [1.165, 1.54) is 10.4 Å². The van der Waals surface area contributed by atoms with E-state index in [1.54, 1.807) is 11.3 Å². The maximum absolute atomic E-state index is 3.66. The van der Waals surface area contributed by atoms with Crippen molar-refractivity contribution in [2.75, 3.05) is 6.54 Å². The van der Waals surface area contributed by atoms with Gasteiger partial charge in [-0.05, 0) is 64.1 Å². The summed E-state index contributed by atoms with van der Waals surface area (Å²) in [5, 5.41) is 5.74. The Balaban J connectivity index is 2.42. The molecule has 1 unspecified atom stereocenters. The van der Waals surface area contributed by atoms with Gasteiger partial charge >= 0.3 is 0 Å². The van der Waals surface area contributed by atoms with Gasteiger partial charge in [0.05, 0.1) is 6.04 Å². The maximum Gasteiger partial charge on any atom is 0.0693 e. The fourth-order valence-corrected chi connectivity index (χ4v) is 4.43. The first-order chi connectivity index (χ1) is 9.13. The van der Waals surface area contributed by atoms with E-state index in [9.17, 15) is 0 Å². The average Bonchev–Trinajstić information content (AvgIpc) is 2.80. The molecule has 0 aliphatic rings. The molecule has 1 nitrogen and oxygen atoms in total. The minimum absolute atomic E-state index is 0.209. The van der Waals surface area contributed by atoms with Gasteiger partial charge in [0.2, 0.25) is 0 Å². The lowest BCUT2D eigenvalue weighted by molar-refractivity contribution is 0.602. The van der Waals surface area contributed by atoms with Crippen LogP contribution in [0.3, 0.4) is 0 Å². The van der Waals surface area contributed by atoms with Crippen LogP contribution in [0.2, 0.25) is 0 Å². The van der Waals surface area contributed by atoms with E-state index >= 15 is 0 Å². The molecule has 0 amide bonds. The Kier molecular flexibility index (Phi) is 6.09. The van der Waals surface area contributed by atoms with E-state index in [0.29, 0.717) is 0 Å². The van der Waals surface area contributed by atoms with Gasteiger partial charge in [0.1, 0.15) is 0 Å². The number of rotatable bonds is 5. The zero-order valence-electron chi connectivity index (χ0n) is 10.4. The molecule has 0 radical (unpaired) electrons. The molecule has 2 aromatic rings. The van der Waals surface area contributed by atoms with E-state index in [0.717, 1.165) is 26.4 Å². The highest BCUT2D eigenvalue weighted by atomic mass is 79.9. The van der Waals surface area contributed by atoms with Crippen molar-refractivity contribution < 1.29 is 0 Å². The Hall–Kier alpha value is 0.320. The van der Waals surface area contributed by atoms with E-state index < -0.39 is 0 Å². The molecule has 0 fully saturated rings. The molecular weight excluding hydrogens is 454 g/mol. The summed E-state index contributed by atoms with van der Waals surface area (Å²) in [6.45, 7) is 3.18. The fourth-order valence-electron chi connectivity index (χ4n) is 1.88. The van der Waals surface area contributed by atoms with Gasteiger partial charge in [0.25, 0.3) is 0 Å². The zero-order chi connectivity index (χ0) is 13.8. The molecule has 1 aromatic heterocycles. The molecule has 0 saturated carbocycles. The summed E-state index contributed by atoms with van der Waals surface area (Å²) in [5.74, 6) is 0. The van der Waals surface area contributed by atoms with Crippen molar-refractivity contribution in [3.8, 4) is 0 Å². The van der Waals surface area contributed by atoms with Crippen LogP contribution in [0.5, 0.6) is 0 Å². The highest BCUT2D eigenvalue weighted by Gasteiger charge is 2.20. The molecule has 1 heterocycles. The molecule has 0 spiro atoms. The number of hydrogen-bond donors (Lipinski definition) is 1. The molecule has 1 N–H and O–H groups in total. The lowest BCUT2D eigenvalue weighted by atomic mass is 10.1. The van der Waals surface area contributed by atoms with Crippen molar-refractivity contribution >= 4 is 59.1 Å². The number of nitrogens with one attached hydrogen (secondary N) is 1. The first-order valence-corrected chi connectivity index (χ1v) is 9.30. The smallest absolute Gasteiger partial charge is 0.0693 e. The van der Waals surface area contributed by atoms with Gasteiger partial charge in [-0.1, -0.05) is 38.8 Å². The van der Waals surface area contributed by atoms with Crippen LogP contribution in [-0.4, -0.2) is 6.54 Å². The highest BCUT2D eigenvalue weighted by molar-refractivity contribution is 9.11. The summed E-state index contributed by atoms with van der Waals surface area (Å²) < 4.78 is 3.39. The summed E-state index contributed by atoms with van der Waals surface area (Å²) in [6, 6.07) is 8.62. The number of benzene rings is 1. The minimum Gasteiger partial charge on any atom is -0.306 e. The number of thiophene rings is 1. The average molecular weight is 468 g/mol. The highest BCUT2D eigenvalue weighted by Crippen LogP contribution is 2.37. The molecule has 0 saturated heterocycles. The molecule has 5 heteroatoms. The first kappa shape index (κ1) is 15.7. The zero-order valence-corrected chi connectivity index (χ0v) is 16.0. The summed E-state index contributed by atoms with van der Waals surface area (Å²) in [4.78, 5) is 1.31. The van der Waals surface area contributed by atoms with Crippen LogP contribution in [0.4, 0.5) is 0 Å². The molecule has 2 rings (SSSR count). The van der Waals surface area contributed by atoms with E-state index in [1.807, 2.05) is 6.07 Å². The second-order valence-electron chi connectivity index (χ2n) is 4.19. The van der Waals surface area contributed by atoms with Crippen LogP contribution >= 0.6 is 59.1 Å². The molecule has 19 heavy (non-hydrogen) atoms. The molecule has 0 bridgehead atoms. The Labute approximate surface area is 143 Å². The summed E-state index contributed by atoms with van der Waals surface area (Å²) >= 11 is 12.6. The van der Waals surface area contributed by atoms with Crippen LogP contribution in [0, 0.1) is 0 Å². The normalized spacial score (nSPS) is 12.6. The lowest BCUT2D eigenvalue weighted by Gasteiger charge is -2.20. The lowest BCUT2D eigenvalue weighted by Crippen LogP contribution is -2.23. The second-order valence-corrected chi connectivity index (χ2v) is 7.76.